The lowest BCUT2D eigenvalue weighted by atomic mass is 9.88. The molecule has 0 spiro atoms. The summed E-state index contributed by atoms with van der Waals surface area (Å²) in [5.41, 5.74) is 1.92. The number of hydrogen-bond acceptors (Lipinski definition) is 9. The topological polar surface area (TPSA) is 122 Å². The third kappa shape index (κ3) is 8.70. The molecule has 10 heteroatoms. The molecule has 0 aliphatic carbocycles. The van der Waals surface area contributed by atoms with E-state index in [9.17, 15) is 14.4 Å². The highest BCUT2D eigenvalue weighted by atomic mass is 16.6. The van der Waals surface area contributed by atoms with Gasteiger partial charge in [0.1, 0.15) is 23.6 Å². The van der Waals surface area contributed by atoms with E-state index >= 15 is 0 Å². The first-order chi connectivity index (χ1) is 20.2. The highest BCUT2D eigenvalue weighted by Crippen LogP contribution is 2.30. The molecular weight excluding hydrogens is 540 g/mol. The van der Waals surface area contributed by atoms with E-state index in [-0.39, 0.29) is 29.5 Å². The Morgan fingerprint density at radius 2 is 1.57 bits per heavy atom. The normalized spacial score (nSPS) is 12.8. The van der Waals surface area contributed by atoms with Gasteiger partial charge in [0.2, 0.25) is 5.75 Å². The number of amides is 1. The molecule has 42 heavy (non-hydrogen) atoms. The highest BCUT2D eigenvalue weighted by molar-refractivity contribution is 5.98. The minimum Gasteiger partial charge on any atom is -0.497 e. The van der Waals surface area contributed by atoms with Gasteiger partial charge in [0.15, 0.2) is 11.4 Å². The van der Waals surface area contributed by atoms with Gasteiger partial charge < -0.3 is 29.0 Å². The maximum atomic E-state index is 13.3. The first-order valence-corrected chi connectivity index (χ1v) is 13.7. The zero-order valence-corrected chi connectivity index (χ0v) is 24.8. The van der Waals surface area contributed by atoms with Crippen molar-refractivity contribution in [2.75, 3.05) is 21.3 Å². The first kappa shape index (κ1) is 31.9. The van der Waals surface area contributed by atoms with E-state index in [0.717, 1.165) is 22.6 Å². The molecule has 0 bridgehead atoms. The minimum atomic E-state index is -0.961. The fraction of sp³-hybridized carbons (Fsp3) is 0.375. The largest absolute Gasteiger partial charge is 0.497 e. The van der Waals surface area contributed by atoms with E-state index in [1.807, 2.05) is 55.5 Å². The molecule has 0 fully saturated rings. The summed E-state index contributed by atoms with van der Waals surface area (Å²) in [7, 11) is 4.62. The monoisotopic (exact) mass is 578 g/mol. The van der Waals surface area contributed by atoms with Gasteiger partial charge in [0.25, 0.3) is 5.91 Å². The van der Waals surface area contributed by atoms with Crippen LogP contribution >= 0.6 is 0 Å². The van der Waals surface area contributed by atoms with Crippen molar-refractivity contribution in [3.8, 4) is 23.0 Å². The molecule has 1 N–H and O–H groups in total. The molecule has 1 amide bonds. The number of nitrogens with one attached hydrogen (secondary N) is 1. The van der Waals surface area contributed by atoms with Gasteiger partial charge in [-0.3, -0.25) is 9.59 Å². The number of methoxy groups -OCH3 is 3. The van der Waals surface area contributed by atoms with Gasteiger partial charge in [0.05, 0.1) is 21.3 Å². The molecule has 1 aromatic heterocycles. The quantitative estimate of drug-likeness (QED) is 0.274. The van der Waals surface area contributed by atoms with Gasteiger partial charge in [-0.15, -0.1) is 0 Å². The molecule has 2 aromatic carbocycles. The maximum Gasteiger partial charge on any atom is 0.328 e. The van der Waals surface area contributed by atoms with Crippen LogP contribution in [0, 0.1) is 5.92 Å². The maximum absolute atomic E-state index is 13.3. The molecule has 0 radical (unpaired) electrons. The predicted molar refractivity (Wildman–Crippen MR) is 156 cm³/mol. The molecule has 3 aromatic rings. The van der Waals surface area contributed by atoms with E-state index in [1.165, 1.54) is 26.3 Å². The Labute approximate surface area is 246 Å². The number of carbonyl (C=O) groups is 3. The molecule has 0 aliphatic heterocycles. The molecular formula is C32H38N2O8. The summed E-state index contributed by atoms with van der Waals surface area (Å²) in [5, 5.41) is 2.67. The van der Waals surface area contributed by atoms with Crippen LogP contribution in [-0.2, 0) is 27.2 Å². The summed E-state index contributed by atoms with van der Waals surface area (Å²) in [6.07, 6.45) is 2.38. The van der Waals surface area contributed by atoms with Gasteiger partial charge >= 0.3 is 11.9 Å². The lowest BCUT2D eigenvalue weighted by Gasteiger charge is -2.27. The lowest BCUT2D eigenvalue weighted by molar-refractivity contribution is -0.153. The van der Waals surface area contributed by atoms with Crippen LogP contribution in [0.3, 0.4) is 0 Å². The number of pyridine rings is 1. The van der Waals surface area contributed by atoms with Gasteiger partial charge in [-0.2, -0.15) is 0 Å². The van der Waals surface area contributed by atoms with E-state index in [4.69, 9.17) is 23.7 Å². The average molecular weight is 579 g/mol. The van der Waals surface area contributed by atoms with Gasteiger partial charge in [-0.05, 0) is 61.6 Å². The zero-order valence-electron chi connectivity index (χ0n) is 24.8. The Hall–Kier alpha value is -4.60. The number of nitrogens with zero attached hydrogens (tertiary/aromatic N) is 1. The smallest absolute Gasteiger partial charge is 0.328 e. The standard InChI is InChI=1S/C32H38N2O8/c1-7-27(34-31(36)29-30(42-21(3)35)28(40-6)15-16-33-29)32(37)41-20(2)24(17-22-11-13-25(38-4)14-12-22)18-23-9-8-10-26(19-23)39-5/h8-16,19-20,24,27H,7,17-18H2,1-6H3,(H,34,36)/t20-,24?,27-/m0/s1. The second-order valence-corrected chi connectivity index (χ2v) is 9.73. The van der Waals surface area contributed by atoms with Crippen molar-refractivity contribution in [1.29, 1.82) is 0 Å². The molecule has 10 nitrogen and oxygen atoms in total. The Morgan fingerprint density at radius 3 is 2.19 bits per heavy atom. The molecule has 1 heterocycles. The van der Waals surface area contributed by atoms with Crippen LogP contribution in [0.4, 0.5) is 0 Å². The van der Waals surface area contributed by atoms with Crippen molar-refractivity contribution in [2.24, 2.45) is 5.92 Å². The van der Waals surface area contributed by atoms with Crippen molar-refractivity contribution in [2.45, 2.75) is 52.2 Å². The number of aromatic nitrogens is 1. The summed E-state index contributed by atoms with van der Waals surface area (Å²) >= 11 is 0. The number of carbonyl (C=O) groups excluding carboxylic acids is 3. The van der Waals surface area contributed by atoms with Crippen LogP contribution in [-0.4, -0.2) is 56.3 Å². The lowest BCUT2D eigenvalue weighted by Crippen LogP contribution is -2.43. The minimum absolute atomic E-state index is 0.0849. The Morgan fingerprint density at radius 1 is 0.881 bits per heavy atom. The fourth-order valence-corrected chi connectivity index (χ4v) is 4.48. The van der Waals surface area contributed by atoms with E-state index < -0.39 is 30.0 Å². The Balaban J connectivity index is 1.78. The molecule has 0 aliphatic rings. The number of hydrogen-bond donors (Lipinski definition) is 1. The molecule has 3 atom stereocenters. The second kappa shape index (κ2) is 15.4. The summed E-state index contributed by atoms with van der Waals surface area (Å²) in [6, 6.07) is 16.1. The number of benzene rings is 2. The highest BCUT2D eigenvalue weighted by Gasteiger charge is 2.29. The molecule has 0 saturated carbocycles. The summed E-state index contributed by atoms with van der Waals surface area (Å²) in [6.45, 7) is 4.81. The molecule has 224 valence electrons. The van der Waals surface area contributed by atoms with Crippen molar-refractivity contribution in [3.63, 3.8) is 0 Å². The third-order valence-electron chi connectivity index (χ3n) is 6.80. The molecule has 1 unspecified atom stereocenters. The van der Waals surface area contributed by atoms with E-state index in [2.05, 4.69) is 10.3 Å². The van der Waals surface area contributed by atoms with Gasteiger partial charge in [0, 0.05) is 25.1 Å². The summed E-state index contributed by atoms with van der Waals surface area (Å²) in [4.78, 5) is 42.2. The number of rotatable bonds is 14. The van der Waals surface area contributed by atoms with Crippen LogP contribution in [0.25, 0.3) is 0 Å². The van der Waals surface area contributed by atoms with Crippen LogP contribution in [0.15, 0.2) is 60.8 Å². The van der Waals surface area contributed by atoms with Crippen LogP contribution in [0.5, 0.6) is 23.0 Å². The van der Waals surface area contributed by atoms with Crippen LogP contribution < -0.4 is 24.3 Å². The average Bonchev–Trinajstić information content (AvgIpc) is 2.99. The first-order valence-electron chi connectivity index (χ1n) is 13.7. The number of esters is 2. The molecule has 0 saturated heterocycles. The molecule has 3 rings (SSSR count). The van der Waals surface area contributed by atoms with Crippen molar-refractivity contribution >= 4 is 17.8 Å². The van der Waals surface area contributed by atoms with E-state index in [0.29, 0.717) is 12.8 Å². The summed E-state index contributed by atoms with van der Waals surface area (Å²) < 4.78 is 27.0. The Bertz CT molecular complexity index is 1360. The van der Waals surface area contributed by atoms with E-state index in [1.54, 1.807) is 21.1 Å². The summed E-state index contributed by atoms with van der Waals surface area (Å²) in [5.74, 6) is -0.478. The predicted octanol–water partition coefficient (Wildman–Crippen LogP) is 4.57. The van der Waals surface area contributed by atoms with Crippen molar-refractivity contribution in [1.82, 2.24) is 10.3 Å². The fourth-order valence-electron chi connectivity index (χ4n) is 4.48. The van der Waals surface area contributed by atoms with Gasteiger partial charge in [-0.1, -0.05) is 31.2 Å². The third-order valence-corrected chi connectivity index (χ3v) is 6.80. The SMILES string of the molecule is CC[C@H](NC(=O)c1nccc(OC)c1OC(C)=O)C(=O)O[C@@H](C)C(Cc1ccc(OC)cc1)Cc1cccc(OC)c1. The number of ether oxygens (including phenoxy) is 5. The zero-order chi connectivity index (χ0) is 30.6. The van der Waals surface area contributed by atoms with Crippen LogP contribution in [0.1, 0.15) is 48.8 Å². The van der Waals surface area contributed by atoms with Crippen molar-refractivity contribution < 1.29 is 38.1 Å². The van der Waals surface area contributed by atoms with Crippen molar-refractivity contribution in [3.05, 3.63) is 77.6 Å². The Kier molecular flexibility index (Phi) is 11.7. The second-order valence-electron chi connectivity index (χ2n) is 9.73. The van der Waals surface area contributed by atoms with Gasteiger partial charge in [-0.25, -0.2) is 9.78 Å². The van der Waals surface area contributed by atoms with Crippen LogP contribution in [0.2, 0.25) is 0 Å².